The number of hydrogen-bond acceptors (Lipinski definition) is 4. The van der Waals surface area contributed by atoms with Gasteiger partial charge in [-0.15, -0.1) is 0 Å². The molecule has 5 nitrogen and oxygen atoms in total. The molecular weight excluding hydrogens is 402 g/mol. The molecule has 1 aliphatic carbocycles. The third kappa shape index (κ3) is 4.16. The van der Waals surface area contributed by atoms with E-state index in [9.17, 15) is 9.59 Å². The van der Waals surface area contributed by atoms with Crippen molar-refractivity contribution in [1.29, 1.82) is 0 Å². The van der Waals surface area contributed by atoms with Crippen molar-refractivity contribution in [3.63, 3.8) is 0 Å². The number of carbonyl (C=O) groups is 2. The number of amides is 1. The van der Waals surface area contributed by atoms with Crippen molar-refractivity contribution in [3.8, 4) is 11.5 Å². The summed E-state index contributed by atoms with van der Waals surface area (Å²) in [6.45, 7) is 9.18. The van der Waals surface area contributed by atoms with Crippen LogP contribution >= 0.6 is 0 Å². The first-order valence-electron chi connectivity index (χ1n) is 11.4. The van der Waals surface area contributed by atoms with Gasteiger partial charge in [-0.1, -0.05) is 32.0 Å². The minimum Gasteiger partial charge on any atom is -0.494 e. The summed E-state index contributed by atoms with van der Waals surface area (Å²) in [4.78, 5) is 28.8. The quantitative estimate of drug-likeness (QED) is 0.591. The van der Waals surface area contributed by atoms with Gasteiger partial charge in [-0.25, -0.2) is 0 Å². The van der Waals surface area contributed by atoms with Gasteiger partial charge in [-0.3, -0.25) is 14.5 Å². The normalized spacial score (nSPS) is 20.2. The second-order valence-electron chi connectivity index (χ2n) is 9.18. The third-order valence-corrected chi connectivity index (χ3v) is 6.14. The van der Waals surface area contributed by atoms with Crippen LogP contribution in [0, 0.1) is 5.41 Å². The van der Waals surface area contributed by atoms with E-state index in [1.807, 2.05) is 62.4 Å². The topological polar surface area (TPSA) is 55.8 Å². The van der Waals surface area contributed by atoms with E-state index in [-0.39, 0.29) is 29.4 Å². The highest BCUT2D eigenvalue weighted by atomic mass is 16.5. The van der Waals surface area contributed by atoms with Crippen LogP contribution in [-0.4, -0.2) is 24.9 Å². The standard InChI is InChI=1S/C27H31NO4/c1-5-31-19-13-11-18(12-14-19)28-22-16-27(3,4)17-23(29)26(22)21(15-25(28)30)20-9-7-8-10-24(20)32-6-2/h7-14,21H,5-6,15-17H2,1-4H3. The molecule has 1 heterocycles. The van der Waals surface area contributed by atoms with Gasteiger partial charge in [0.2, 0.25) is 5.91 Å². The average Bonchev–Trinajstić information content (AvgIpc) is 2.74. The van der Waals surface area contributed by atoms with Crippen molar-refractivity contribution in [3.05, 3.63) is 65.4 Å². The van der Waals surface area contributed by atoms with Crippen LogP contribution in [0.1, 0.15) is 58.4 Å². The lowest BCUT2D eigenvalue weighted by Crippen LogP contribution is -2.43. The van der Waals surface area contributed by atoms with E-state index in [1.165, 1.54) is 0 Å². The third-order valence-electron chi connectivity index (χ3n) is 6.14. The smallest absolute Gasteiger partial charge is 0.232 e. The highest BCUT2D eigenvalue weighted by Crippen LogP contribution is 2.49. The molecule has 1 aliphatic heterocycles. The Morgan fingerprint density at radius 1 is 0.938 bits per heavy atom. The Hall–Kier alpha value is -3.08. The number of ether oxygens (including phenoxy) is 2. The lowest BCUT2D eigenvalue weighted by molar-refractivity contribution is -0.121. The maximum atomic E-state index is 13.5. The highest BCUT2D eigenvalue weighted by molar-refractivity contribution is 6.08. The van der Waals surface area contributed by atoms with Crippen molar-refractivity contribution in [2.45, 2.75) is 52.9 Å². The maximum Gasteiger partial charge on any atom is 0.232 e. The number of Topliss-reactive ketones (excluding diaryl/α,β-unsaturated/α-hetero) is 1. The average molecular weight is 434 g/mol. The number of nitrogens with zero attached hydrogens (tertiary/aromatic N) is 1. The summed E-state index contributed by atoms with van der Waals surface area (Å²) in [5.74, 6) is 1.33. The van der Waals surface area contributed by atoms with Crippen molar-refractivity contribution in [2.75, 3.05) is 18.1 Å². The van der Waals surface area contributed by atoms with Crippen molar-refractivity contribution < 1.29 is 19.1 Å². The van der Waals surface area contributed by atoms with Gasteiger partial charge in [-0.2, -0.15) is 0 Å². The summed E-state index contributed by atoms with van der Waals surface area (Å²) in [7, 11) is 0. The minimum absolute atomic E-state index is 0.00490. The molecule has 0 fully saturated rings. The van der Waals surface area contributed by atoms with Gasteiger partial charge < -0.3 is 9.47 Å². The summed E-state index contributed by atoms with van der Waals surface area (Å²) in [6, 6.07) is 15.3. The van der Waals surface area contributed by atoms with Gasteiger partial charge >= 0.3 is 0 Å². The monoisotopic (exact) mass is 433 g/mol. The molecule has 0 spiro atoms. The number of carbonyl (C=O) groups excluding carboxylic acids is 2. The summed E-state index contributed by atoms with van der Waals surface area (Å²) in [5.41, 5.74) is 3.05. The van der Waals surface area contributed by atoms with Crippen LogP contribution in [0.2, 0.25) is 0 Å². The van der Waals surface area contributed by atoms with Gasteiger partial charge in [0.1, 0.15) is 11.5 Å². The zero-order chi connectivity index (χ0) is 22.9. The molecule has 1 atom stereocenters. The van der Waals surface area contributed by atoms with E-state index in [4.69, 9.17) is 9.47 Å². The van der Waals surface area contributed by atoms with Crippen LogP contribution in [-0.2, 0) is 9.59 Å². The van der Waals surface area contributed by atoms with E-state index in [1.54, 1.807) is 4.90 Å². The maximum absolute atomic E-state index is 13.5. The molecule has 4 rings (SSSR count). The molecule has 0 bridgehead atoms. The molecule has 0 saturated carbocycles. The summed E-state index contributed by atoms with van der Waals surface area (Å²) < 4.78 is 11.4. The second-order valence-corrected chi connectivity index (χ2v) is 9.18. The Bertz CT molecular complexity index is 1050. The first-order chi connectivity index (χ1) is 15.3. The molecule has 0 N–H and O–H groups in total. The summed E-state index contributed by atoms with van der Waals surface area (Å²) in [5, 5.41) is 0. The largest absolute Gasteiger partial charge is 0.494 e. The predicted molar refractivity (Wildman–Crippen MR) is 125 cm³/mol. The van der Waals surface area contributed by atoms with Crippen LogP contribution in [0.25, 0.3) is 0 Å². The molecule has 0 radical (unpaired) electrons. The number of para-hydroxylation sites is 1. The van der Waals surface area contributed by atoms with Crippen LogP contribution < -0.4 is 14.4 Å². The SMILES string of the molecule is CCOc1ccc(N2C(=O)CC(c3ccccc3OCC)C3=C2CC(C)(C)CC3=O)cc1. The van der Waals surface area contributed by atoms with E-state index < -0.39 is 0 Å². The Morgan fingerprint density at radius 2 is 1.62 bits per heavy atom. The van der Waals surface area contributed by atoms with Gasteiger partial charge in [0.15, 0.2) is 5.78 Å². The molecule has 2 aromatic carbocycles. The van der Waals surface area contributed by atoms with Gasteiger partial charge in [-0.05, 0) is 56.0 Å². The molecule has 0 aromatic heterocycles. The molecule has 1 amide bonds. The van der Waals surface area contributed by atoms with Crippen molar-refractivity contribution >= 4 is 17.4 Å². The van der Waals surface area contributed by atoms with Crippen LogP contribution in [0.15, 0.2) is 59.8 Å². The van der Waals surface area contributed by atoms with Gasteiger partial charge in [0.25, 0.3) is 0 Å². The van der Waals surface area contributed by atoms with Crippen LogP contribution in [0.4, 0.5) is 5.69 Å². The minimum atomic E-state index is -0.289. The molecule has 168 valence electrons. The Morgan fingerprint density at radius 3 is 2.31 bits per heavy atom. The zero-order valence-corrected chi connectivity index (χ0v) is 19.3. The molecule has 2 aliphatic rings. The summed E-state index contributed by atoms with van der Waals surface area (Å²) in [6.07, 6.45) is 1.38. The fourth-order valence-corrected chi connectivity index (χ4v) is 4.89. The van der Waals surface area contributed by atoms with Gasteiger partial charge in [0.05, 0.1) is 13.2 Å². The van der Waals surface area contributed by atoms with E-state index in [0.717, 1.165) is 34.0 Å². The Labute approximate surface area is 190 Å². The van der Waals surface area contributed by atoms with Gasteiger partial charge in [0, 0.05) is 41.3 Å². The Balaban J connectivity index is 1.84. The summed E-state index contributed by atoms with van der Waals surface area (Å²) >= 11 is 0. The fourth-order valence-electron chi connectivity index (χ4n) is 4.89. The second kappa shape index (κ2) is 8.81. The lowest BCUT2D eigenvalue weighted by Gasteiger charge is -2.43. The Kier molecular flexibility index (Phi) is 6.09. The van der Waals surface area contributed by atoms with Crippen molar-refractivity contribution in [2.24, 2.45) is 5.41 Å². The van der Waals surface area contributed by atoms with Crippen LogP contribution in [0.5, 0.6) is 11.5 Å². The number of hydrogen-bond donors (Lipinski definition) is 0. The molecule has 1 unspecified atom stereocenters. The first-order valence-corrected chi connectivity index (χ1v) is 11.4. The number of anilines is 1. The van der Waals surface area contributed by atoms with Crippen LogP contribution in [0.3, 0.4) is 0 Å². The molecule has 32 heavy (non-hydrogen) atoms. The molecule has 0 saturated heterocycles. The molecule has 2 aromatic rings. The van der Waals surface area contributed by atoms with E-state index in [0.29, 0.717) is 26.1 Å². The predicted octanol–water partition coefficient (Wildman–Crippen LogP) is 5.65. The lowest BCUT2D eigenvalue weighted by atomic mass is 9.69. The van der Waals surface area contributed by atoms with Crippen molar-refractivity contribution in [1.82, 2.24) is 0 Å². The highest BCUT2D eigenvalue weighted by Gasteiger charge is 2.44. The number of allylic oxidation sites excluding steroid dienone is 2. The molecule has 5 heteroatoms. The first kappa shape index (κ1) is 22.1. The number of ketones is 1. The fraction of sp³-hybridized carbons (Fsp3) is 0.407. The zero-order valence-electron chi connectivity index (χ0n) is 19.3. The molecular formula is C27H31NO4. The van der Waals surface area contributed by atoms with E-state index >= 15 is 0 Å². The van der Waals surface area contributed by atoms with E-state index in [2.05, 4.69) is 13.8 Å². The number of benzene rings is 2. The number of rotatable bonds is 6.